The molecule has 2 unspecified atom stereocenters. The van der Waals surface area contributed by atoms with E-state index >= 15 is 0 Å². The standard InChI is InChI=1S/C17H18FNO2/c1-21-16-9-7-12(10-13(16)18)17(20)15-8-6-11-4-2-3-5-14(11)19-15/h2-5,7,9-10,15,17,19-20H,6,8H2,1H3. The van der Waals surface area contributed by atoms with Crippen LogP contribution >= 0.6 is 0 Å². The average molecular weight is 287 g/mol. The van der Waals surface area contributed by atoms with Gasteiger partial charge in [-0.25, -0.2) is 4.39 Å². The summed E-state index contributed by atoms with van der Waals surface area (Å²) in [5.41, 5.74) is 2.86. The fourth-order valence-electron chi connectivity index (χ4n) is 2.80. The maximum absolute atomic E-state index is 13.8. The number of methoxy groups -OCH3 is 1. The Morgan fingerprint density at radius 2 is 2.10 bits per heavy atom. The molecule has 21 heavy (non-hydrogen) atoms. The highest BCUT2D eigenvalue weighted by molar-refractivity contribution is 5.54. The van der Waals surface area contributed by atoms with Gasteiger partial charge in [-0.3, -0.25) is 0 Å². The van der Waals surface area contributed by atoms with Gasteiger partial charge in [-0.15, -0.1) is 0 Å². The molecule has 4 heteroatoms. The smallest absolute Gasteiger partial charge is 0.165 e. The van der Waals surface area contributed by atoms with Crippen LogP contribution in [0.2, 0.25) is 0 Å². The van der Waals surface area contributed by atoms with Gasteiger partial charge in [0, 0.05) is 5.69 Å². The van der Waals surface area contributed by atoms with Crippen LogP contribution in [0.25, 0.3) is 0 Å². The molecule has 2 aromatic rings. The normalized spacial score (nSPS) is 18.5. The summed E-state index contributed by atoms with van der Waals surface area (Å²) in [5, 5.41) is 13.8. The Hall–Kier alpha value is -2.07. The van der Waals surface area contributed by atoms with Gasteiger partial charge in [0.15, 0.2) is 11.6 Å². The zero-order valence-electron chi connectivity index (χ0n) is 11.8. The topological polar surface area (TPSA) is 41.5 Å². The fourth-order valence-corrected chi connectivity index (χ4v) is 2.80. The predicted molar refractivity (Wildman–Crippen MR) is 80.1 cm³/mol. The first-order valence-electron chi connectivity index (χ1n) is 7.05. The molecule has 3 rings (SSSR count). The minimum absolute atomic E-state index is 0.118. The number of aliphatic hydroxyl groups excluding tert-OH is 1. The molecule has 0 aliphatic carbocycles. The SMILES string of the molecule is COc1ccc(C(O)C2CCc3ccccc3N2)cc1F. The van der Waals surface area contributed by atoms with Gasteiger partial charge in [0.25, 0.3) is 0 Å². The van der Waals surface area contributed by atoms with E-state index in [1.165, 1.54) is 18.7 Å². The number of hydrogen-bond acceptors (Lipinski definition) is 3. The summed E-state index contributed by atoms with van der Waals surface area (Å²) in [5.74, 6) is -0.266. The molecule has 0 bridgehead atoms. The molecular formula is C17H18FNO2. The van der Waals surface area contributed by atoms with Crippen molar-refractivity contribution in [1.82, 2.24) is 0 Å². The van der Waals surface area contributed by atoms with Crippen molar-refractivity contribution >= 4 is 5.69 Å². The Morgan fingerprint density at radius 1 is 1.29 bits per heavy atom. The lowest BCUT2D eigenvalue weighted by atomic mass is 9.92. The Balaban J connectivity index is 1.80. The van der Waals surface area contributed by atoms with E-state index in [2.05, 4.69) is 11.4 Å². The maximum atomic E-state index is 13.8. The van der Waals surface area contributed by atoms with E-state index in [-0.39, 0.29) is 11.8 Å². The lowest BCUT2D eigenvalue weighted by Gasteiger charge is -2.31. The van der Waals surface area contributed by atoms with E-state index in [0.29, 0.717) is 5.56 Å². The summed E-state index contributed by atoms with van der Waals surface area (Å²) < 4.78 is 18.7. The summed E-state index contributed by atoms with van der Waals surface area (Å²) in [6.45, 7) is 0. The Morgan fingerprint density at radius 3 is 2.86 bits per heavy atom. The highest BCUT2D eigenvalue weighted by atomic mass is 19.1. The Bertz CT molecular complexity index is 644. The second-order valence-corrected chi connectivity index (χ2v) is 5.29. The van der Waals surface area contributed by atoms with Crippen LogP contribution in [-0.2, 0) is 6.42 Å². The van der Waals surface area contributed by atoms with Crippen molar-refractivity contribution in [2.45, 2.75) is 25.0 Å². The number of rotatable bonds is 3. The van der Waals surface area contributed by atoms with Crippen LogP contribution in [0.15, 0.2) is 42.5 Å². The van der Waals surface area contributed by atoms with Gasteiger partial charge in [0.1, 0.15) is 0 Å². The lowest BCUT2D eigenvalue weighted by Crippen LogP contribution is -2.31. The largest absolute Gasteiger partial charge is 0.494 e. The second-order valence-electron chi connectivity index (χ2n) is 5.29. The summed E-state index contributed by atoms with van der Waals surface area (Å²) in [6, 6.07) is 12.5. The Kier molecular flexibility index (Phi) is 3.80. The first-order chi connectivity index (χ1) is 10.2. The predicted octanol–water partition coefficient (Wildman–Crippen LogP) is 3.29. The van der Waals surface area contributed by atoms with Gasteiger partial charge in [-0.2, -0.15) is 0 Å². The zero-order valence-corrected chi connectivity index (χ0v) is 11.8. The molecule has 0 saturated carbocycles. The van der Waals surface area contributed by atoms with Gasteiger partial charge in [-0.05, 0) is 42.2 Å². The van der Waals surface area contributed by atoms with Crippen molar-refractivity contribution in [3.8, 4) is 5.75 Å². The lowest BCUT2D eigenvalue weighted by molar-refractivity contribution is 0.148. The minimum atomic E-state index is -0.751. The van der Waals surface area contributed by atoms with Crippen molar-refractivity contribution in [1.29, 1.82) is 0 Å². The number of aryl methyl sites for hydroxylation is 1. The molecule has 0 spiro atoms. The van der Waals surface area contributed by atoms with E-state index in [1.54, 1.807) is 12.1 Å². The molecule has 2 aromatic carbocycles. The molecule has 2 atom stereocenters. The Labute approximate surface area is 123 Å². The first kappa shape index (κ1) is 13.9. The maximum Gasteiger partial charge on any atom is 0.165 e. The van der Waals surface area contributed by atoms with Crippen LogP contribution in [-0.4, -0.2) is 18.3 Å². The number of para-hydroxylation sites is 1. The van der Waals surface area contributed by atoms with Crippen LogP contribution < -0.4 is 10.1 Å². The van der Waals surface area contributed by atoms with Crippen LogP contribution in [0, 0.1) is 5.82 Å². The number of fused-ring (bicyclic) bond motifs is 1. The minimum Gasteiger partial charge on any atom is -0.494 e. The van der Waals surface area contributed by atoms with Crippen molar-refractivity contribution in [2.75, 3.05) is 12.4 Å². The van der Waals surface area contributed by atoms with Crippen LogP contribution in [0.1, 0.15) is 23.7 Å². The molecule has 1 aliphatic heterocycles. The summed E-state index contributed by atoms with van der Waals surface area (Å²) in [4.78, 5) is 0. The molecule has 1 aliphatic rings. The van der Waals surface area contributed by atoms with Gasteiger partial charge < -0.3 is 15.2 Å². The molecule has 3 nitrogen and oxygen atoms in total. The number of benzene rings is 2. The first-order valence-corrected chi connectivity index (χ1v) is 7.05. The second kappa shape index (κ2) is 5.74. The van der Waals surface area contributed by atoms with Gasteiger partial charge in [0.2, 0.25) is 0 Å². The summed E-state index contributed by atoms with van der Waals surface area (Å²) in [7, 11) is 1.42. The van der Waals surface area contributed by atoms with Crippen molar-refractivity contribution in [2.24, 2.45) is 0 Å². The van der Waals surface area contributed by atoms with Crippen molar-refractivity contribution in [3.05, 3.63) is 59.4 Å². The van der Waals surface area contributed by atoms with Crippen LogP contribution in [0.5, 0.6) is 5.75 Å². The summed E-state index contributed by atoms with van der Waals surface area (Å²) in [6.07, 6.45) is 0.966. The van der Waals surface area contributed by atoms with E-state index in [1.807, 2.05) is 18.2 Å². The van der Waals surface area contributed by atoms with Crippen LogP contribution in [0.4, 0.5) is 10.1 Å². The van der Waals surface area contributed by atoms with E-state index in [0.717, 1.165) is 18.5 Å². The number of nitrogens with one attached hydrogen (secondary N) is 1. The van der Waals surface area contributed by atoms with Gasteiger partial charge in [0.05, 0.1) is 19.3 Å². The molecule has 0 fully saturated rings. The van der Waals surface area contributed by atoms with E-state index in [4.69, 9.17) is 4.74 Å². The zero-order chi connectivity index (χ0) is 14.8. The third-order valence-electron chi connectivity index (χ3n) is 3.98. The summed E-state index contributed by atoms with van der Waals surface area (Å²) >= 11 is 0. The van der Waals surface area contributed by atoms with Crippen LogP contribution in [0.3, 0.4) is 0 Å². The van der Waals surface area contributed by atoms with E-state index in [9.17, 15) is 9.50 Å². The molecule has 110 valence electrons. The van der Waals surface area contributed by atoms with Crippen molar-refractivity contribution < 1.29 is 14.2 Å². The third-order valence-corrected chi connectivity index (χ3v) is 3.98. The molecule has 1 heterocycles. The van der Waals surface area contributed by atoms with E-state index < -0.39 is 11.9 Å². The third kappa shape index (κ3) is 2.72. The highest BCUT2D eigenvalue weighted by Crippen LogP contribution is 2.31. The number of anilines is 1. The van der Waals surface area contributed by atoms with Gasteiger partial charge in [-0.1, -0.05) is 24.3 Å². The average Bonchev–Trinajstić information content (AvgIpc) is 2.53. The monoisotopic (exact) mass is 287 g/mol. The molecule has 0 aromatic heterocycles. The number of hydrogen-bond donors (Lipinski definition) is 2. The molecular weight excluding hydrogens is 269 g/mol. The molecule has 2 N–H and O–H groups in total. The van der Waals surface area contributed by atoms with Crippen molar-refractivity contribution in [3.63, 3.8) is 0 Å². The molecule has 0 saturated heterocycles. The highest BCUT2D eigenvalue weighted by Gasteiger charge is 2.25. The fraction of sp³-hybridized carbons (Fsp3) is 0.294. The quantitative estimate of drug-likeness (QED) is 0.910. The number of ether oxygens (including phenoxy) is 1. The van der Waals surface area contributed by atoms with Gasteiger partial charge >= 0.3 is 0 Å². The molecule has 0 radical (unpaired) electrons. The molecule has 0 amide bonds. The number of aliphatic hydroxyl groups is 1. The number of halogens is 1.